The van der Waals surface area contributed by atoms with E-state index >= 15 is 0 Å². The van der Waals surface area contributed by atoms with E-state index in [-0.39, 0.29) is 11.9 Å². The van der Waals surface area contributed by atoms with E-state index in [9.17, 15) is 4.79 Å². The minimum atomic E-state index is -0.221. The molecule has 0 fully saturated rings. The molecule has 108 valence electrons. The van der Waals surface area contributed by atoms with Gasteiger partial charge in [-0.25, -0.2) is 0 Å². The Balaban J connectivity index is 1.92. The van der Waals surface area contributed by atoms with E-state index in [2.05, 4.69) is 10.1 Å². The maximum Gasteiger partial charge on any atom is 0.309 e. The summed E-state index contributed by atoms with van der Waals surface area (Å²) in [5.41, 5.74) is 0.954. The van der Waals surface area contributed by atoms with Crippen molar-refractivity contribution in [3.05, 3.63) is 22.7 Å². The monoisotopic (exact) mass is 295 g/mol. The molecule has 7 heteroatoms. The zero-order valence-electron chi connectivity index (χ0n) is 11.7. The van der Waals surface area contributed by atoms with Crippen molar-refractivity contribution >= 4 is 17.3 Å². The summed E-state index contributed by atoms with van der Waals surface area (Å²) in [5.74, 6) is 0.715. The molecule has 0 saturated heterocycles. The summed E-state index contributed by atoms with van der Waals surface area (Å²) in [6.45, 7) is 2.90. The number of carbonyl (C=O) groups excluding carboxylic acids is 1. The molecular weight excluding hydrogens is 278 g/mol. The van der Waals surface area contributed by atoms with Crippen LogP contribution in [0.15, 0.2) is 21.3 Å². The van der Waals surface area contributed by atoms with Crippen LogP contribution >= 0.6 is 11.3 Å². The number of nitrogens with zero attached hydrogens (tertiary/aromatic N) is 3. The number of hydrogen-bond acceptors (Lipinski definition) is 7. The number of carbonyl (C=O) groups is 1. The molecule has 0 saturated carbocycles. The van der Waals surface area contributed by atoms with Gasteiger partial charge in [-0.15, -0.1) is 0 Å². The predicted molar refractivity (Wildman–Crippen MR) is 75.1 cm³/mol. The van der Waals surface area contributed by atoms with Crippen molar-refractivity contribution in [3.8, 4) is 11.4 Å². The molecule has 0 radical (unpaired) electrons. The second-order valence-electron chi connectivity index (χ2n) is 4.64. The fraction of sp³-hybridized carbons (Fsp3) is 0.462. The van der Waals surface area contributed by atoms with E-state index < -0.39 is 0 Å². The number of methoxy groups -OCH3 is 1. The molecule has 2 heterocycles. The summed E-state index contributed by atoms with van der Waals surface area (Å²) >= 11 is 1.59. The third-order valence-electron chi connectivity index (χ3n) is 2.84. The van der Waals surface area contributed by atoms with Gasteiger partial charge in [-0.05, 0) is 18.5 Å². The van der Waals surface area contributed by atoms with Crippen LogP contribution in [0.3, 0.4) is 0 Å². The van der Waals surface area contributed by atoms with Crippen molar-refractivity contribution in [1.29, 1.82) is 0 Å². The van der Waals surface area contributed by atoms with Crippen molar-refractivity contribution in [3.63, 3.8) is 0 Å². The molecule has 0 unspecified atom stereocenters. The Bertz CT molecular complexity index is 553. The van der Waals surface area contributed by atoms with Crippen LogP contribution in [0.2, 0.25) is 0 Å². The maximum absolute atomic E-state index is 11.4. The molecule has 0 aliphatic rings. The van der Waals surface area contributed by atoms with Crippen LogP contribution in [0.5, 0.6) is 0 Å². The highest BCUT2D eigenvalue weighted by molar-refractivity contribution is 7.08. The fourth-order valence-electron chi connectivity index (χ4n) is 1.87. The van der Waals surface area contributed by atoms with Crippen LogP contribution in [0.4, 0.5) is 0 Å². The fourth-order valence-corrected chi connectivity index (χ4v) is 2.50. The molecule has 0 spiro atoms. The van der Waals surface area contributed by atoms with Gasteiger partial charge in [0, 0.05) is 17.5 Å². The topological polar surface area (TPSA) is 68.5 Å². The zero-order valence-corrected chi connectivity index (χ0v) is 12.5. The first-order valence-corrected chi connectivity index (χ1v) is 7.16. The first-order valence-electron chi connectivity index (χ1n) is 6.21. The predicted octanol–water partition coefficient (Wildman–Crippen LogP) is 2.04. The average Bonchev–Trinajstić information content (AvgIpc) is 3.07. The summed E-state index contributed by atoms with van der Waals surface area (Å²) in [5, 5.41) is 7.88. The van der Waals surface area contributed by atoms with Gasteiger partial charge in [0.1, 0.15) is 0 Å². The molecular formula is C13H17N3O3S. The first kappa shape index (κ1) is 14.7. The normalized spacial score (nSPS) is 12.6. The lowest BCUT2D eigenvalue weighted by Gasteiger charge is -2.17. The standard InChI is InChI=1S/C13H17N3O3S/c1-9(13(17)18-3)6-16(2)7-11-14-12(15-19-11)10-4-5-20-8-10/h4-5,8-9H,6-7H2,1-3H3/t9-/m1/s1. The van der Waals surface area contributed by atoms with Gasteiger partial charge in [-0.2, -0.15) is 16.3 Å². The molecule has 2 aromatic rings. The second-order valence-corrected chi connectivity index (χ2v) is 5.42. The van der Waals surface area contributed by atoms with E-state index in [0.29, 0.717) is 24.8 Å². The lowest BCUT2D eigenvalue weighted by molar-refractivity contribution is -0.145. The highest BCUT2D eigenvalue weighted by Gasteiger charge is 2.17. The Kier molecular flexibility index (Phi) is 4.86. The summed E-state index contributed by atoms with van der Waals surface area (Å²) in [7, 11) is 3.29. The maximum atomic E-state index is 11.4. The van der Waals surface area contributed by atoms with E-state index in [1.165, 1.54) is 7.11 Å². The molecule has 20 heavy (non-hydrogen) atoms. The summed E-state index contributed by atoms with van der Waals surface area (Å²) in [6, 6.07) is 1.95. The number of ether oxygens (including phenoxy) is 1. The van der Waals surface area contributed by atoms with Crippen molar-refractivity contribution in [2.24, 2.45) is 5.92 Å². The average molecular weight is 295 g/mol. The van der Waals surface area contributed by atoms with Crippen LogP contribution in [0.1, 0.15) is 12.8 Å². The van der Waals surface area contributed by atoms with E-state index in [4.69, 9.17) is 9.26 Å². The molecule has 0 bridgehead atoms. The summed E-state index contributed by atoms with van der Waals surface area (Å²) in [4.78, 5) is 17.6. The van der Waals surface area contributed by atoms with Crippen molar-refractivity contribution in [2.75, 3.05) is 20.7 Å². The van der Waals surface area contributed by atoms with Crippen LogP contribution < -0.4 is 0 Å². The summed E-state index contributed by atoms with van der Waals surface area (Å²) < 4.78 is 9.91. The van der Waals surface area contributed by atoms with E-state index in [1.54, 1.807) is 11.3 Å². The molecule has 0 aromatic carbocycles. The van der Waals surface area contributed by atoms with Crippen molar-refractivity contribution in [2.45, 2.75) is 13.5 Å². The lowest BCUT2D eigenvalue weighted by Crippen LogP contribution is -2.29. The van der Waals surface area contributed by atoms with Gasteiger partial charge in [-0.3, -0.25) is 9.69 Å². The number of esters is 1. The van der Waals surface area contributed by atoms with Gasteiger partial charge in [0.15, 0.2) is 0 Å². The third-order valence-corrected chi connectivity index (χ3v) is 3.52. The van der Waals surface area contributed by atoms with Crippen molar-refractivity contribution in [1.82, 2.24) is 15.0 Å². The van der Waals surface area contributed by atoms with Gasteiger partial charge in [0.05, 0.1) is 19.6 Å². The highest BCUT2D eigenvalue weighted by Crippen LogP contribution is 2.19. The van der Waals surface area contributed by atoms with E-state index in [1.807, 2.05) is 35.7 Å². The van der Waals surface area contributed by atoms with Crippen LogP contribution in [-0.4, -0.2) is 41.7 Å². The molecule has 6 nitrogen and oxygen atoms in total. The number of thiophene rings is 1. The third kappa shape index (κ3) is 3.64. The quantitative estimate of drug-likeness (QED) is 0.760. The van der Waals surface area contributed by atoms with Crippen LogP contribution in [0.25, 0.3) is 11.4 Å². The van der Waals surface area contributed by atoms with E-state index in [0.717, 1.165) is 5.56 Å². The largest absolute Gasteiger partial charge is 0.469 e. The Morgan fingerprint density at radius 3 is 3.05 bits per heavy atom. The Hall–Kier alpha value is -1.73. The molecule has 0 aliphatic heterocycles. The first-order chi connectivity index (χ1) is 9.60. The SMILES string of the molecule is COC(=O)[C@H](C)CN(C)Cc1nc(-c2ccsc2)no1. The Morgan fingerprint density at radius 1 is 1.60 bits per heavy atom. The molecule has 2 aromatic heterocycles. The van der Waals surface area contributed by atoms with Crippen molar-refractivity contribution < 1.29 is 14.1 Å². The van der Waals surface area contributed by atoms with Gasteiger partial charge in [0.2, 0.25) is 11.7 Å². The number of aromatic nitrogens is 2. The molecule has 0 aliphatic carbocycles. The van der Waals surface area contributed by atoms with Gasteiger partial charge < -0.3 is 9.26 Å². The minimum Gasteiger partial charge on any atom is -0.469 e. The molecule has 1 atom stereocenters. The van der Waals surface area contributed by atoms with Gasteiger partial charge in [0.25, 0.3) is 0 Å². The van der Waals surface area contributed by atoms with Gasteiger partial charge in [-0.1, -0.05) is 12.1 Å². The summed E-state index contributed by atoms with van der Waals surface area (Å²) in [6.07, 6.45) is 0. The minimum absolute atomic E-state index is 0.190. The van der Waals surface area contributed by atoms with Gasteiger partial charge >= 0.3 is 5.97 Å². The molecule has 0 N–H and O–H groups in total. The highest BCUT2D eigenvalue weighted by atomic mass is 32.1. The molecule has 2 rings (SSSR count). The smallest absolute Gasteiger partial charge is 0.309 e. The Labute approximate surface area is 121 Å². The molecule has 0 amide bonds. The second kappa shape index (κ2) is 6.62. The number of rotatable bonds is 6. The van der Waals surface area contributed by atoms with Crippen LogP contribution in [-0.2, 0) is 16.1 Å². The lowest BCUT2D eigenvalue weighted by atomic mass is 10.2. The number of hydrogen-bond donors (Lipinski definition) is 0. The van der Waals surface area contributed by atoms with Crippen LogP contribution in [0, 0.1) is 5.92 Å². The zero-order chi connectivity index (χ0) is 14.5. The Morgan fingerprint density at radius 2 is 2.40 bits per heavy atom.